The molecule has 2 aromatic rings. The lowest BCUT2D eigenvalue weighted by Crippen LogP contribution is -2.27. The summed E-state index contributed by atoms with van der Waals surface area (Å²) in [6.45, 7) is 0. The summed E-state index contributed by atoms with van der Waals surface area (Å²) in [6, 6.07) is 17.0. The van der Waals surface area contributed by atoms with Crippen LogP contribution in [0.1, 0.15) is 24.0 Å². The molecule has 110 valence electrons. The average molecular weight is 311 g/mol. The van der Waals surface area contributed by atoms with Gasteiger partial charge in [-0.25, -0.2) is 0 Å². The molecule has 0 aliphatic heterocycles. The predicted octanol–water partition coefficient (Wildman–Crippen LogP) is 4.08. The number of carbonyl (C=O) groups is 1. The Morgan fingerprint density at radius 3 is 2.32 bits per heavy atom. The van der Waals surface area contributed by atoms with Crippen molar-refractivity contribution in [2.45, 2.75) is 24.7 Å². The van der Waals surface area contributed by atoms with E-state index in [9.17, 15) is 4.79 Å². The Morgan fingerprint density at radius 1 is 1.14 bits per heavy atom. The summed E-state index contributed by atoms with van der Waals surface area (Å²) in [6.07, 6.45) is 2.09. The van der Waals surface area contributed by atoms with Gasteiger partial charge in [0.2, 0.25) is 5.91 Å². The van der Waals surface area contributed by atoms with Gasteiger partial charge in [-0.2, -0.15) is 5.26 Å². The van der Waals surface area contributed by atoms with E-state index >= 15 is 0 Å². The number of carbonyl (C=O) groups excluding carboxylic acids is 1. The zero-order valence-corrected chi connectivity index (χ0v) is 12.7. The van der Waals surface area contributed by atoms with Gasteiger partial charge in [0, 0.05) is 10.7 Å². The SMILES string of the molecule is N#CCc1ccc(NC(=O)C2(c3ccc(Cl)cc3)CC2)cc1. The molecule has 1 amide bonds. The van der Waals surface area contributed by atoms with Crippen molar-refractivity contribution in [3.05, 3.63) is 64.7 Å². The van der Waals surface area contributed by atoms with Gasteiger partial charge >= 0.3 is 0 Å². The minimum atomic E-state index is -0.421. The zero-order valence-electron chi connectivity index (χ0n) is 12.0. The molecule has 1 aliphatic rings. The van der Waals surface area contributed by atoms with Crippen molar-refractivity contribution in [3.8, 4) is 6.07 Å². The minimum absolute atomic E-state index is 0.0165. The Kier molecular flexibility index (Phi) is 3.87. The first kappa shape index (κ1) is 14.6. The highest BCUT2D eigenvalue weighted by atomic mass is 35.5. The van der Waals surface area contributed by atoms with E-state index in [1.54, 1.807) is 0 Å². The highest BCUT2D eigenvalue weighted by Crippen LogP contribution is 2.49. The Balaban J connectivity index is 1.74. The number of nitrogens with zero attached hydrogens (tertiary/aromatic N) is 1. The van der Waals surface area contributed by atoms with Crippen molar-refractivity contribution in [2.75, 3.05) is 5.32 Å². The lowest BCUT2D eigenvalue weighted by Gasteiger charge is -2.16. The van der Waals surface area contributed by atoms with Crippen molar-refractivity contribution in [3.63, 3.8) is 0 Å². The van der Waals surface area contributed by atoms with E-state index in [1.165, 1.54) is 0 Å². The molecule has 1 saturated carbocycles. The number of rotatable bonds is 4. The first-order valence-electron chi connectivity index (χ1n) is 7.17. The van der Waals surface area contributed by atoms with Gasteiger partial charge in [-0.05, 0) is 48.2 Å². The van der Waals surface area contributed by atoms with Crippen LogP contribution in [0.15, 0.2) is 48.5 Å². The van der Waals surface area contributed by atoms with E-state index in [0.717, 1.165) is 29.7 Å². The van der Waals surface area contributed by atoms with Crippen molar-refractivity contribution in [1.29, 1.82) is 5.26 Å². The van der Waals surface area contributed by atoms with Crippen LogP contribution in [-0.4, -0.2) is 5.91 Å². The zero-order chi connectivity index (χ0) is 15.6. The maximum absolute atomic E-state index is 12.6. The van der Waals surface area contributed by atoms with Gasteiger partial charge < -0.3 is 5.32 Å². The van der Waals surface area contributed by atoms with Crippen LogP contribution in [0.4, 0.5) is 5.69 Å². The smallest absolute Gasteiger partial charge is 0.235 e. The molecular weight excluding hydrogens is 296 g/mol. The minimum Gasteiger partial charge on any atom is -0.325 e. The molecule has 3 rings (SSSR count). The molecule has 1 N–H and O–H groups in total. The third kappa shape index (κ3) is 2.84. The lowest BCUT2D eigenvalue weighted by molar-refractivity contribution is -0.118. The summed E-state index contributed by atoms with van der Waals surface area (Å²) in [7, 11) is 0. The van der Waals surface area contributed by atoms with Crippen LogP contribution >= 0.6 is 11.6 Å². The van der Waals surface area contributed by atoms with E-state index in [-0.39, 0.29) is 5.91 Å². The first-order chi connectivity index (χ1) is 10.6. The molecule has 0 unspecified atom stereocenters. The Labute approximate surface area is 134 Å². The fourth-order valence-electron chi connectivity index (χ4n) is 2.59. The van der Waals surface area contributed by atoms with Crippen molar-refractivity contribution in [1.82, 2.24) is 0 Å². The second-order valence-electron chi connectivity index (χ2n) is 5.57. The van der Waals surface area contributed by atoms with Gasteiger partial charge in [-0.3, -0.25) is 4.79 Å². The van der Waals surface area contributed by atoms with E-state index < -0.39 is 5.41 Å². The summed E-state index contributed by atoms with van der Waals surface area (Å²) in [5, 5.41) is 12.3. The monoisotopic (exact) mass is 310 g/mol. The fraction of sp³-hybridized carbons (Fsp3) is 0.222. The number of anilines is 1. The topological polar surface area (TPSA) is 52.9 Å². The van der Waals surface area contributed by atoms with Crippen LogP contribution in [0.3, 0.4) is 0 Å². The molecule has 3 nitrogen and oxygen atoms in total. The largest absolute Gasteiger partial charge is 0.325 e. The molecule has 0 heterocycles. The Hall–Kier alpha value is -2.31. The van der Waals surface area contributed by atoms with Crippen LogP contribution < -0.4 is 5.32 Å². The molecule has 2 aromatic carbocycles. The van der Waals surface area contributed by atoms with Crippen LogP contribution in [0.25, 0.3) is 0 Å². The predicted molar refractivity (Wildman–Crippen MR) is 86.8 cm³/mol. The summed E-state index contributed by atoms with van der Waals surface area (Å²) >= 11 is 5.91. The average Bonchev–Trinajstić information content (AvgIpc) is 3.32. The second kappa shape index (κ2) is 5.82. The lowest BCUT2D eigenvalue weighted by atomic mass is 9.95. The number of halogens is 1. The summed E-state index contributed by atoms with van der Waals surface area (Å²) in [5.41, 5.74) is 2.29. The third-order valence-corrected chi connectivity index (χ3v) is 4.33. The van der Waals surface area contributed by atoms with E-state index in [1.807, 2.05) is 48.5 Å². The number of amides is 1. The van der Waals surface area contributed by atoms with Crippen molar-refractivity contribution >= 4 is 23.2 Å². The molecule has 4 heteroatoms. The van der Waals surface area contributed by atoms with Crippen LogP contribution in [0.5, 0.6) is 0 Å². The number of hydrogen-bond acceptors (Lipinski definition) is 2. The molecule has 0 saturated heterocycles. The van der Waals surface area contributed by atoms with Crippen molar-refractivity contribution < 1.29 is 4.79 Å². The van der Waals surface area contributed by atoms with Gasteiger partial charge in [0.05, 0.1) is 17.9 Å². The van der Waals surface area contributed by atoms with Crippen LogP contribution in [0, 0.1) is 11.3 Å². The van der Waals surface area contributed by atoms with Gasteiger partial charge in [0.1, 0.15) is 0 Å². The molecule has 0 atom stereocenters. The second-order valence-corrected chi connectivity index (χ2v) is 6.01. The highest BCUT2D eigenvalue weighted by Gasteiger charge is 2.51. The fourth-order valence-corrected chi connectivity index (χ4v) is 2.71. The normalized spacial score (nSPS) is 14.9. The molecule has 0 spiro atoms. The maximum Gasteiger partial charge on any atom is 0.235 e. The third-order valence-electron chi connectivity index (χ3n) is 4.08. The number of nitriles is 1. The van der Waals surface area contributed by atoms with Crippen LogP contribution in [-0.2, 0) is 16.6 Å². The number of nitrogens with one attached hydrogen (secondary N) is 1. The van der Waals surface area contributed by atoms with Gasteiger partial charge in [-0.1, -0.05) is 35.9 Å². The first-order valence-corrected chi connectivity index (χ1v) is 7.55. The summed E-state index contributed by atoms with van der Waals surface area (Å²) in [4.78, 5) is 12.6. The summed E-state index contributed by atoms with van der Waals surface area (Å²) < 4.78 is 0. The molecule has 0 aromatic heterocycles. The number of benzene rings is 2. The van der Waals surface area contributed by atoms with Gasteiger partial charge in [0.25, 0.3) is 0 Å². The molecular formula is C18H15ClN2O. The van der Waals surface area contributed by atoms with Gasteiger partial charge in [-0.15, -0.1) is 0 Å². The quantitative estimate of drug-likeness (QED) is 0.925. The maximum atomic E-state index is 12.6. The van der Waals surface area contributed by atoms with E-state index in [4.69, 9.17) is 16.9 Å². The van der Waals surface area contributed by atoms with Crippen LogP contribution in [0.2, 0.25) is 5.02 Å². The highest BCUT2D eigenvalue weighted by molar-refractivity contribution is 6.30. The Morgan fingerprint density at radius 2 is 1.77 bits per heavy atom. The van der Waals surface area contributed by atoms with Crippen molar-refractivity contribution in [2.24, 2.45) is 0 Å². The van der Waals surface area contributed by atoms with E-state index in [2.05, 4.69) is 11.4 Å². The molecule has 0 bridgehead atoms. The standard InChI is InChI=1S/C18H15ClN2O/c19-15-5-3-14(4-6-15)18(10-11-18)17(22)21-16-7-1-13(2-8-16)9-12-20/h1-8H,9-11H2,(H,21,22). The summed E-state index contributed by atoms with van der Waals surface area (Å²) in [5.74, 6) is 0.0165. The molecule has 0 radical (unpaired) electrons. The molecule has 1 fully saturated rings. The molecule has 1 aliphatic carbocycles. The number of hydrogen-bond donors (Lipinski definition) is 1. The van der Waals surface area contributed by atoms with Gasteiger partial charge in [0.15, 0.2) is 0 Å². The Bertz CT molecular complexity index is 725. The molecule has 22 heavy (non-hydrogen) atoms. The van der Waals surface area contributed by atoms with E-state index in [0.29, 0.717) is 11.4 Å².